The van der Waals surface area contributed by atoms with Crippen LogP contribution in [0.1, 0.15) is 57.1 Å². The molecule has 1 aromatic carbocycles. The van der Waals surface area contributed by atoms with Gasteiger partial charge in [0.05, 0.1) is 0 Å². The van der Waals surface area contributed by atoms with Crippen LogP contribution in [0.4, 0.5) is 0 Å². The Bertz CT molecular complexity index is 416. The first-order valence-corrected chi connectivity index (χ1v) is 9.04. The van der Waals surface area contributed by atoms with Crippen molar-refractivity contribution < 1.29 is 0 Å². The maximum Gasteiger partial charge on any atom is 0.0216 e. The maximum absolute atomic E-state index is 3.55. The van der Waals surface area contributed by atoms with E-state index in [0.717, 1.165) is 24.3 Å². The van der Waals surface area contributed by atoms with Gasteiger partial charge in [-0.25, -0.2) is 0 Å². The van der Waals surface area contributed by atoms with Crippen molar-refractivity contribution in [3.8, 4) is 0 Å². The molecule has 0 aromatic heterocycles. The van der Waals surface area contributed by atoms with E-state index in [-0.39, 0.29) is 0 Å². The second-order valence-corrected chi connectivity index (χ2v) is 7.64. The molecule has 0 amide bonds. The van der Waals surface area contributed by atoms with E-state index in [0.29, 0.717) is 0 Å². The zero-order chi connectivity index (χ0) is 14.4. The van der Waals surface area contributed by atoms with Gasteiger partial charge in [0.25, 0.3) is 0 Å². The lowest BCUT2D eigenvalue weighted by atomic mass is 9.91. The van der Waals surface area contributed by atoms with Gasteiger partial charge in [0.1, 0.15) is 0 Å². The van der Waals surface area contributed by atoms with E-state index >= 15 is 0 Å². The van der Waals surface area contributed by atoms with Crippen LogP contribution in [0.5, 0.6) is 0 Å². The summed E-state index contributed by atoms with van der Waals surface area (Å²) in [5.74, 6) is 0.911. The molecule has 1 saturated carbocycles. The van der Waals surface area contributed by atoms with Crippen molar-refractivity contribution in [1.29, 1.82) is 0 Å². The number of aryl methyl sites for hydroxylation is 1. The summed E-state index contributed by atoms with van der Waals surface area (Å²) in [6, 6.07) is 6.96. The molecule has 1 fully saturated rings. The van der Waals surface area contributed by atoms with E-state index in [9.17, 15) is 0 Å². The molecular weight excluding hydrogens is 262 g/mol. The first-order chi connectivity index (χ1) is 9.69. The molecule has 20 heavy (non-hydrogen) atoms. The topological polar surface area (TPSA) is 12.0 Å². The van der Waals surface area contributed by atoms with Crippen LogP contribution in [0, 0.1) is 12.8 Å². The van der Waals surface area contributed by atoms with Gasteiger partial charge in [-0.3, -0.25) is 0 Å². The fraction of sp³-hybridized carbons (Fsp3) is 0.667. The van der Waals surface area contributed by atoms with Crippen LogP contribution in [-0.2, 0) is 6.54 Å². The first-order valence-electron chi connectivity index (χ1n) is 8.16. The lowest BCUT2D eigenvalue weighted by molar-refractivity contribution is 0.394. The minimum absolute atomic E-state index is 0.825. The van der Waals surface area contributed by atoms with Crippen molar-refractivity contribution >= 4 is 11.8 Å². The van der Waals surface area contributed by atoms with Crippen molar-refractivity contribution in [2.75, 3.05) is 6.54 Å². The largest absolute Gasteiger partial charge is 0.313 e. The number of hydrogen-bond donors (Lipinski definition) is 1. The van der Waals surface area contributed by atoms with E-state index in [1.54, 1.807) is 0 Å². The van der Waals surface area contributed by atoms with Crippen LogP contribution in [0.15, 0.2) is 23.1 Å². The van der Waals surface area contributed by atoms with Crippen molar-refractivity contribution in [2.45, 2.75) is 69.6 Å². The molecular formula is C18H29NS. The Balaban J connectivity index is 2.01. The van der Waals surface area contributed by atoms with Crippen LogP contribution in [0.3, 0.4) is 0 Å². The Hall–Kier alpha value is -0.470. The summed E-state index contributed by atoms with van der Waals surface area (Å²) in [7, 11) is 0. The minimum Gasteiger partial charge on any atom is -0.313 e. The summed E-state index contributed by atoms with van der Waals surface area (Å²) in [5, 5.41) is 4.38. The Morgan fingerprint density at radius 3 is 2.90 bits per heavy atom. The summed E-state index contributed by atoms with van der Waals surface area (Å²) in [6.45, 7) is 8.95. The molecule has 2 heteroatoms. The van der Waals surface area contributed by atoms with Gasteiger partial charge in [-0.2, -0.15) is 0 Å². The molecule has 1 aliphatic carbocycles. The molecule has 2 rings (SSSR count). The molecule has 0 spiro atoms. The molecule has 0 bridgehead atoms. The maximum atomic E-state index is 3.55. The first kappa shape index (κ1) is 15.9. The molecule has 1 N–H and O–H groups in total. The van der Waals surface area contributed by atoms with Gasteiger partial charge in [-0.05, 0) is 50.3 Å². The van der Waals surface area contributed by atoms with Crippen LogP contribution < -0.4 is 5.32 Å². The molecule has 0 radical (unpaired) electrons. The molecule has 0 aliphatic heterocycles. The second kappa shape index (κ2) is 8.09. The Morgan fingerprint density at radius 2 is 2.15 bits per heavy atom. The quantitative estimate of drug-likeness (QED) is 0.726. The zero-order valence-electron chi connectivity index (χ0n) is 13.2. The van der Waals surface area contributed by atoms with Gasteiger partial charge in [0, 0.05) is 16.7 Å². The fourth-order valence-corrected chi connectivity index (χ4v) is 4.52. The zero-order valence-corrected chi connectivity index (χ0v) is 14.1. The summed E-state index contributed by atoms with van der Waals surface area (Å²) < 4.78 is 0. The monoisotopic (exact) mass is 291 g/mol. The highest BCUT2D eigenvalue weighted by Gasteiger charge is 2.20. The number of nitrogens with one attached hydrogen (secondary N) is 1. The predicted molar refractivity (Wildman–Crippen MR) is 90.5 cm³/mol. The van der Waals surface area contributed by atoms with Crippen molar-refractivity contribution in [2.24, 2.45) is 5.92 Å². The Morgan fingerprint density at radius 1 is 1.30 bits per heavy atom. The minimum atomic E-state index is 0.825. The normalized spacial score (nSPS) is 22.9. The molecule has 0 heterocycles. The standard InChI is InChI=1S/C18H29NS/c1-4-10-19-13-16-11-15(3)8-9-18(16)20-17-7-5-6-14(2)12-17/h8-9,11,14,17,19H,4-7,10,12-13H2,1-3H3. The number of hydrogen-bond acceptors (Lipinski definition) is 2. The fourth-order valence-electron chi connectivity index (χ4n) is 3.03. The average molecular weight is 292 g/mol. The van der Waals surface area contributed by atoms with Crippen LogP contribution in [0.2, 0.25) is 0 Å². The smallest absolute Gasteiger partial charge is 0.0216 e. The van der Waals surface area contributed by atoms with Crippen LogP contribution >= 0.6 is 11.8 Å². The highest BCUT2D eigenvalue weighted by atomic mass is 32.2. The van der Waals surface area contributed by atoms with Gasteiger partial charge < -0.3 is 5.32 Å². The lowest BCUT2D eigenvalue weighted by Gasteiger charge is -2.27. The Kier molecular flexibility index (Phi) is 6.44. The van der Waals surface area contributed by atoms with Crippen molar-refractivity contribution in [1.82, 2.24) is 5.32 Å². The van der Waals surface area contributed by atoms with E-state index < -0.39 is 0 Å². The lowest BCUT2D eigenvalue weighted by Crippen LogP contribution is -2.17. The van der Waals surface area contributed by atoms with Gasteiger partial charge in [-0.1, -0.05) is 44.4 Å². The Labute approximate surface area is 128 Å². The third-order valence-electron chi connectivity index (χ3n) is 4.14. The van der Waals surface area contributed by atoms with E-state index in [4.69, 9.17) is 0 Å². The van der Waals surface area contributed by atoms with Gasteiger partial charge in [-0.15, -0.1) is 11.8 Å². The van der Waals surface area contributed by atoms with Gasteiger partial charge in [0.15, 0.2) is 0 Å². The highest BCUT2D eigenvalue weighted by molar-refractivity contribution is 8.00. The third-order valence-corrected chi connectivity index (χ3v) is 5.55. The van der Waals surface area contributed by atoms with Crippen molar-refractivity contribution in [3.63, 3.8) is 0 Å². The molecule has 1 aliphatic rings. The molecule has 2 atom stereocenters. The van der Waals surface area contributed by atoms with Crippen LogP contribution in [-0.4, -0.2) is 11.8 Å². The van der Waals surface area contributed by atoms with E-state index in [1.807, 2.05) is 0 Å². The predicted octanol–water partition coefficient (Wildman–Crippen LogP) is 5.17. The van der Waals surface area contributed by atoms with Crippen molar-refractivity contribution in [3.05, 3.63) is 29.3 Å². The average Bonchev–Trinajstić information content (AvgIpc) is 2.42. The number of thioether (sulfide) groups is 1. The summed E-state index contributed by atoms with van der Waals surface area (Å²) in [4.78, 5) is 1.50. The number of benzene rings is 1. The summed E-state index contributed by atoms with van der Waals surface area (Å²) in [6.07, 6.45) is 6.82. The van der Waals surface area contributed by atoms with E-state index in [1.165, 1.54) is 48.1 Å². The molecule has 1 aromatic rings. The van der Waals surface area contributed by atoms with Gasteiger partial charge in [0.2, 0.25) is 0 Å². The molecule has 1 nitrogen and oxygen atoms in total. The van der Waals surface area contributed by atoms with Crippen LogP contribution in [0.25, 0.3) is 0 Å². The SMILES string of the molecule is CCCNCc1cc(C)ccc1SC1CCCC(C)C1. The summed E-state index contributed by atoms with van der Waals surface area (Å²) in [5.41, 5.74) is 2.86. The highest BCUT2D eigenvalue weighted by Crippen LogP contribution is 2.37. The summed E-state index contributed by atoms with van der Waals surface area (Å²) >= 11 is 2.12. The third kappa shape index (κ3) is 4.82. The number of rotatable bonds is 6. The molecule has 112 valence electrons. The molecule has 0 saturated heterocycles. The second-order valence-electron chi connectivity index (χ2n) is 6.30. The van der Waals surface area contributed by atoms with Gasteiger partial charge >= 0.3 is 0 Å². The van der Waals surface area contributed by atoms with E-state index in [2.05, 4.69) is 56.0 Å². The molecule has 2 unspecified atom stereocenters.